The van der Waals surface area contributed by atoms with Crippen LogP contribution in [0.1, 0.15) is 25.3 Å². The van der Waals surface area contributed by atoms with Gasteiger partial charge in [0, 0.05) is 12.7 Å². The monoisotopic (exact) mass is 221 g/mol. The summed E-state index contributed by atoms with van der Waals surface area (Å²) in [5.74, 6) is 0.268. The van der Waals surface area contributed by atoms with Gasteiger partial charge in [0.1, 0.15) is 6.54 Å². The van der Waals surface area contributed by atoms with Gasteiger partial charge in [-0.2, -0.15) is 0 Å². The predicted octanol–water partition coefficient (Wildman–Crippen LogP) is 2.42. The third kappa shape index (κ3) is 3.26. The summed E-state index contributed by atoms with van der Waals surface area (Å²) in [5.41, 5.74) is 2.31. The molecule has 0 heterocycles. The third-order valence-corrected chi connectivity index (χ3v) is 2.57. The molecule has 1 aromatic rings. The van der Waals surface area contributed by atoms with Crippen LogP contribution in [0.5, 0.6) is 0 Å². The Bertz CT molecular complexity index is 361. The van der Waals surface area contributed by atoms with E-state index in [0.717, 1.165) is 5.69 Å². The van der Waals surface area contributed by atoms with Gasteiger partial charge in [-0.1, -0.05) is 26.0 Å². The zero-order valence-corrected chi connectivity index (χ0v) is 10.4. The van der Waals surface area contributed by atoms with Gasteiger partial charge in [0.05, 0.1) is 7.11 Å². The van der Waals surface area contributed by atoms with Crippen molar-refractivity contribution in [1.29, 1.82) is 0 Å². The standard InChI is InChI=1S/C13H19NO2/c1-10(2)11-6-5-7-12(8-11)14(3)9-13(15)16-4/h5-8,10H,9H2,1-4H3. The van der Waals surface area contributed by atoms with Gasteiger partial charge in [-0.05, 0) is 23.6 Å². The van der Waals surface area contributed by atoms with Gasteiger partial charge in [-0.15, -0.1) is 0 Å². The van der Waals surface area contributed by atoms with Crippen LogP contribution in [0, 0.1) is 0 Å². The van der Waals surface area contributed by atoms with E-state index in [1.165, 1.54) is 12.7 Å². The van der Waals surface area contributed by atoms with Crippen molar-refractivity contribution in [2.75, 3.05) is 25.6 Å². The topological polar surface area (TPSA) is 29.5 Å². The van der Waals surface area contributed by atoms with E-state index >= 15 is 0 Å². The molecule has 0 radical (unpaired) electrons. The van der Waals surface area contributed by atoms with Gasteiger partial charge in [0.2, 0.25) is 0 Å². The van der Waals surface area contributed by atoms with Crippen molar-refractivity contribution in [3.05, 3.63) is 29.8 Å². The van der Waals surface area contributed by atoms with Gasteiger partial charge >= 0.3 is 5.97 Å². The summed E-state index contributed by atoms with van der Waals surface area (Å²) >= 11 is 0. The van der Waals surface area contributed by atoms with E-state index in [1.54, 1.807) is 0 Å². The zero-order chi connectivity index (χ0) is 12.1. The van der Waals surface area contributed by atoms with Crippen LogP contribution in [-0.4, -0.2) is 26.7 Å². The smallest absolute Gasteiger partial charge is 0.325 e. The van der Waals surface area contributed by atoms with Crippen molar-refractivity contribution in [2.45, 2.75) is 19.8 Å². The van der Waals surface area contributed by atoms with E-state index in [4.69, 9.17) is 0 Å². The highest BCUT2D eigenvalue weighted by atomic mass is 16.5. The Morgan fingerprint density at radius 1 is 1.44 bits per heavy atom. The number of carbonyl (C=O) groups is 1. The van der Waals surface area contributed by atoms with Gasteiger partial charge in [-0.25, -0.2) is 0 Å². The molecule has 0 saturated heterocycles. The van der Waals surface area contributed by atoms with Gasteiger partial charge < -0.3 is 9.64 Å². The van der Waals surface area contributed by atoms with Crippen molar-refractivity contribution < 1.29 is 9.53 Å². The average Bonchev–Trinajstić information content (AvgIpc) is 2.28. The predicted molar refractivity (Wildman–Crippen MR) is 65.8 cm³/mol. The molecule has 0 saturated carbocycles. The second-order valence-electron chi connectivity index (χ2n) is 4.18. The molecule has 3 nitrogen and oxygen atoms in total. The Kier molecular flexibility index (Phi) is 4.35. The fourth-order valence-electron chi connectivity index (χ4n) is 1.47. The van der Waals surface area contributed by atoms with Crippen LogP contribution in [0.25, 0.3) is 0 Å². The van der Waals surface area contributed by atoms with Crippen molar-refractivity contribution in [3.8, 4) is 0 Å². The van der Waals surface area contributed by atoms with Crippen molar-refractivity contribution in [3.63, 3.8) is 0 Å². The molecule has 0 unspecified atom stereocenters. The van der Waals surface area contributed by atoms with Crippen molar-refractivity contribution >= 4 is 11.7 Å². The van der Waals surface area contributed by atoms with E-state index in [1.807, 2.05) is 24.1 Å². The maximum absolute atomic E-state index is 11.2. The number of esters is 1. The lowest BCUT2D eigenvalue weighted by Gasteiger charge is -2.19. The molecular formula is C13H19NO2. The first-order valence-corrected chi connectivity index (χ1v) is 5.42. The number of ether oxygens (including phenoxy) is 1. The summed E-state index contributed by atoms with van der Waals surface area (Å²) in [5, 5.41) is 0. The van der Waals surface area contributed by atoms with Crippen LogP contribution in [0.2, 0.25) is 0 Å². The van der Waals surface area contributed by atoms with Crippen LogP contribution in [0.3, 0.4) is 0 Å². The number of rotatable bonds is 4. The van der Waals surface area contributed by atoms with E-state index < -0.39 is 0 Å². The molecule has 0 N–H and O–H groups in total. The number of benzene rings is 1. The molecule has 1 rings (SSSR count). The molecule has 1 aromatic carbocycles. The number of nitrogens with zero attached hydrogens (tertiary/aromatic N) is 1. The maximum Gasteiger partial charge on any atom is 0.325 e. The summed E-state index contributed by atoms with van der Waals surface area (Å²) in [6, 6.07) is 8.21. The fourth-order valence-corrected chi connectivity index (χ4v) is 1.47. The van der Waals surface area contributed by atoms with Crippen LogP contribution < -0.4 is 4.90 Å². The van der Waals surface area contributed by atoms with Gasteiger partial charge in [-0.3, -0.25) is 4.79 Å². The number of anilines is 1. The molecule has 16 heavy (non-hydrogen) atoms. The largest absolute Gasteiger partial charge is 0.468 e. The van der Waals surface area contributed by atoms with E-state index in [-0.39, 0.29) is 12.5 Å². The molecule has 0 aliphatic rings. The van der Waals surface area contributed by atoms with Crippen molar-refractivity contribution in [1.82, 2.24) is 0 Å². The minimum absolute atomic E-state index is 0.225. The minimum atomic E-state index is -0.225. The summed E-state index contributed by atoms with van der Waals surface area (Å²) in [6.45, 7) is 4.58. The molecule has 0 spiro atoms. The second-order valence-corrected chi connectivity index (χ2v) is 4.18. The highest BCUT2D eigenvalue weighted by Crippen LogP contribution is 2.20. The Labute approximate surface area is 97.0 Å². The summed E-state index contributed by atoms with van der Waals surface area (Å²) in [4.78, 5) is 13.0. The molecule has 0 fully saturated rings. The molecule has 0 aliphatic carbocycles. The number of hydrogen-bond donors (Lipinski definition) is 0. The average molecular weight is 221 g/mol. The molecule has 0 atom stereocenters. The molecule has 0 aliphatic heterocycles. The van der Waals surface area contributed by atoms with Gasteiger partial charge in [0.25, 0.3) is 0 Å². The van der Waals surface area contributed by atoms with E-state index in [0.29, 0.717) is 5.92 Å². The quantitative estimate of drug-likeness (QED) is 0.731. The normalized spacial score (nSPS) is 10.3. The molecular weight excluding hydrogens is 202 g/mol. The Morgan fingerprint density at radius 3 is 2.69 bits per heavy atom. The highest BCUT2D eigenvalue weighted by Gasteiger charge is 2.08. The maximum atomic E-state index is 11.2. The summed E-state index contributed by atoms with van der Waals surface area (Å²) in [7, 11) is 3.29. The SMILES string of the molecule is COC(=O)CN(C)c1cccc(C(C)C)c1. The van der Waals surface area contributed by atoms with E-state index in [9.17, 15) is 4.79 Å². The first-order chi connectivity index (χ1) is 7.54. The molecule has 88 valence electrons. The first kappa shape index (κ1) is 12.6. The molecule has 3 heteroatoms. The molecule has 0 amide bonds. The van der Waals surface area contributed by atoms with Crippen LogP contribution in [-0.2, 0) is 9.53 Å². The van der Waals surface area contributed by atoms with Crippen LogP contribution in [0.15, 0.2) is 24.3 Å². The lowest BCUT2D eigenvalue weighted by Crippen LogP contribution is -2.26. The second kappa shape index (κ2) is 5.54. The number of likely N-dealkylation sites (N-methyl/N-ethyl adjacent to an activating group) is 1. The molecule has 0 aromatic heterocycles. The Hall–Kier alpha value is -1.51. The minimum Gasteiger partial charge on any atom is -0.468 e. The highest BCUT2D eigenvalue weighted by molar-refractivity contribution is 5.75. The molecule has 0 bridgehead atoms. The zero-order valence-electron chi connectivity index (χ0n) is 10.4. The first-order valence-electron chi connectivity index (χ1n) is 5.42. The lowest BCUT2D eigenvalue weighted by atomic mass is 10.0. The number of hydrogen-bond acceptors (Lipinski definition) is 3. The Morgan fingerprint density at radius 2 is 2.12 bits per heavy atom. The summed E-state index contributed by atoms with van der Waals surface area (Å²) in [6.07, 6.45) is 0. The fraction of sp³-hybridized carbons (Fsp3) is 0.462. The number of carbonyl (C=O) groups excluding carboxylic acids is 1. The van der Waals surface area contributed by atoms with Crippen LogP contribution in [0.4, 0.5) is 5.69 Å². The Balaban J connectivity index is 2.79. The third-order valence-electron chi connectivity index (χ3n) is 2.57. The number of methoxy groups -OCH3 is 1. The van der Waals surface area contributed by atoms with Gasteiger partial charge in [0.15, 0.2) is 0 Å². The van der Waals surface area contributed by atoms with E-state index in [2.05, 4.69) is 30.7 Å². The van der Waals surface area contributed by atoms with Crippen molar-refractivity contribution in [2.24, 2.45) is 0 Å². The lowest BCUT2D eigenvalue weighted by molar-refractivity contribution is -0.138. The summed E-state index contributed by atoms with van der Waals surface area (Å²) < 4.78 is 4.64. The van der Waals surface area contributed by atoms with Crippen LogP contribution >= 0.6 is 0 Å².